The highest BCUT2D eigenvalue weighted by atomic mass is 16.5. The van der Waals surface area contributed by atoms with Crippen molar-refractivity contribution in [2.45, 2.75) is 0 Å². The molecule has 0 aliphatic rings. The Morgan fingerprint density at radius 2 is 2.04 bits per heavy atom. The van der Waals surface area contributed by atoms with Gasteiger partial charge < -0.3 is 19.1 Å². The van der Waals surface area contributed by atoms with E-state index in [9.17, 15) is 19.5 Å². The van der Waals surface area contributed by atoms with Gasteiger partial charge >= 0.3 is 5.97 Å². The molecule has 8 heteroatoms. The molecule has 2 rings (SSSR count). The molecule has 0 aliphatic heterocycles. The number of methoxy groups -OCH3 is 1. The second kappa shape index (κ2) is 8.52. The van der Waals surface area contributed by atoms with Crippen LogP contribution in [0.5, 0.6) is 11.5 Å². The Hall–Kier alpha value is -3.55. The first kappa shape index (κ1) is 18.8. The van der Waals surface area contributed by atoms with Crippen molar-refractivity contribution in [3.63, 3.8) is 0 Å². The molecular weight excluding hydrogens is 340 g/mol. The van der Waals surface area contributed by atoms with Crippen molar-refractivity contribution in [1.29, 1.82) is 0 Å². The van der Waals surface area contributed by atoms with Gasteiger partial charge in [-0.05, 0) is 35.9 Å². The summed E-state index contributed by atoms with van der Waals surface area (Å²) in [5.41, 5.74) is 0.908. The summed E-state index contributed by atoms with van der Waals surface area (Å²) in [6.07, 6.45) is 4.23. The molecule has 0 radical (unpaired) electrons. The Morgan fingerprint density at radius 3 is 2.69 bits per heavy atom. The minimum atomic E-state index is -0.751. The van der Waals surface area contributed by atoms with E-state index in [4.69, 9.17) is 9.47 Å². The number of nitrogens with zero attached hydrogens (tertiary/aromatic N) is 1. The molecule has 8 nitrogen and oxygen atoms in total. The highest BCUT2D eigenvalue weighted by molar-refractivity contribution is 6.04. The Kier molecular flexibility index (Phi) is 6.15. The van der Waals surface area contributed by atoms with Crippen LogP contribution in [0.15, 0.2) is 42.6 Å². The fourth-order valence-corrected chi connectivity index (χ4v) is 2.07. The van der Waals surface area contributed by atoms with Crippen LogP contribution >= 0.6 is 0 Å². The summed E-state index contributed by atoms with van der Waals surface area (Å²) in [5.74, 6) is -1.82. The minimum absolute atomic E-state index is 0.0215. The average molecular weight is 358 g/mol. The number of hydrogen-bond donors (Lipinski definition) is 2. The zero-order chi connectivity index (χ0) is 19.1. The van der Waals surface area contributed by atoms with Gasteiger partial charge in [-0.1, -0.05) is 6.07 Å². The molecule has 2 N–H and O–H groups in total. The third-order valence-electron chi connectivity index (χ3n) is 3.39. The molecule has 1 aromatic carbocycles. The number of imide groups is 1. The molecule has 136 valence electrons. The van der Waals surface area contributed by atoms with E-state index < -0.39 is 24.4 Å². The van der Waals surface area contributed by atoms with Crippen LogP contribution in [-0.4, -0.2) is 41.2 Å². The number of esters is 1. The summed E-state index contributed by atoms with van der Waals surface area (Å²) >= 11 is 0. The number of carbonyl (C=O) groups excluding carboxylic acids is 3. The number of nitrogens with one attached hydrogen (secondary N) is 1. The van der Waals surface area contributed by atoms with E-state index in [0.29, 0.717) is 11.3 Å². The number of aryl methyl sites for hydroxylation is 1. The summed E-state index contributed by atoms with van der Waals surface area (Å²) in [6.45, 7) is -0.585. The van der Waals surface area contributed by atoms with Gasteiger partial charge in [0.25, 0.3) is 11.8 Å². The van der Waals surface area contributed by atoms with Crippen LogP contribution in [0.4, 0.5) is 0 Å². The topological polar surface area (TPSA) is 107 Å². The van der Waals surface area contributed by atoms with Crippen molar-refractivity contribution in [1.82, 2.24) is 9.88 Å². The lowest BCUT2D eigenvalue weighted by atomic mass is 10.2. The molecule has 0 fully saturated rings. The number of rotatable bonds is 6. The summed E-state index contributed by atoms with van der Waals surface area (Å²) in [7, 11) is 3.08. The molecule has 1 aromatic heterocycles. The molecule has 0 unspecified atom stereocenters. The Labute approximate surface area is 149 Å². The largest absolute Gasteiger partial charge is 0.504 e. The second-order valence-corrected chi connectivity index (χ2v) is 5.25. The average Bonchev–Trinajstić information content (AvgIpc) is 3.05. The maximum atomic E-state index is 11.8. The molecule has 2 amide bonds. The van der Waals surface area contributed by atoms with E-state index in [1.165, 1.54) is 25.3 Å². The Balaban J connectivity index is 1.83. The van der Waals surface area contributed by atoms with Gasteiger partial charge in [-0.25, -0.2) is 4.79 Å². The quantitative estimate of drug-likeness (QED) is 0.595. The van der Waals surface area contributed by atoms with E-state index in [2.05, 4.69) is 5.32 Å². The summed E-state index contributed by atoms with van der Waals surface area (Å²) in [4.78, 5) is 35.2. The maximum absolute atomic E-state index is 11.8. The number of amides is 2. The minimum Gasteiger partial charge on any atom is -0.504 e. The predicted octanol–water partition coefficient (Wildman–Crippen LogP) is 1.25. The normalized spacial score (nSPS) is 10.5. The van der Waals surface area contributed by atoms with E-state index in [1.807, 2.05) is 0 Å². The molecule has 0 saturated carbocycles. The third-order valence-corrected chi connectivity index (χ3v) is 3.39. The molecule has 2 aromatic rings. The molecule has 0 atom stereocenters. The van der Waals surface area contributed by atoms with E-state index >= 15 is 0 Å². The van der Waals surface area contributed by atoms with Crippen LogP contribution in [0.1, 0.15) is 16.1 Å². The van der Waals surface area contributed by atoms with E-state index in [0.717, 1.165) is 6.08 Å². The first-order chi connectivity index (χ1) is 12.4. The number of benzene rings is 1. The van der Waals surface area contributed by atoms with Crippen LogP contribution in [0, 0.1) is 0 Å². The van der Waals surface area contributed by atoms with Gasteiger partial charge in [0.05, 0.1) is 7.11 Å². The van der Waals surface area contributed by atoms with Crippen LogP contribution in [0.2, 0.25) is 0 Å². The Morgan fingerprint density at radius 1 is 1.27 bits per heavy atom. The van der Waals surface area contributed by atoms with Crippen molar-refractivity contribution >= 4 is 23.9 Å². The standard InChI is InChI=1S/C18H18N2O6/c1-20-9-3-4-13(20)18(24)19-16(22)11-26-17(23)8-6-12-5-7-14(21)15(10-12)25-2/h3-10,21H,11H2,1-2H3,(H,19,22,24)/b8-6+. The molecule has 0 saturated heterocycles. The fraction of sp³-hybridized carbons (Fsp3) is 0.167. The summed E-state index contributed by atoms with van der Waals surface area (Å²) < 4.78 is 11.3. The van der Waals surface area contributed by atoms with Crippen LogP contribution in [-0.2, 0) is 21.4 Å². The number of ether oxygens (including phenoxy) is 2. The van der Waals surface area contributed by atoms with Crippen molar-refractivity contribution < 1.29 is 29.0 Å². The van der Waals surface area contributed by atoms with Gasteiger partial charge in [0.1, 0.15) is 5.69 Å². The number of hydrogen-bond acceptors (Lipinski definition) is 6. The second-order valence-electron chi connectivity index (χ2n) is 5.25. The number of phenolic OH excluding ortho intramolecular Hbond substituents is 1. The van der Waals surface area contributed by atoms with Crippen LogP contribution in [0.25, 0.3) is 6.08 Å². The lowest BCUT2D eigenvalue weighted by Crippen LogP contribution is -2.34. The predicted molar refractivity (Wildman–Crippen MR) is 92.5 cm³/mol. The molecule has 0 bridgehead atoms. The fourth-order valence-electron chi connectivity index (χ4n) is 2.07. The summed E-state index contributed by atoms with van der Waals surface area (Å²) in [6, 6.07) is 7.76. The highest BCUT2D eigenvalue weighted by Crippen LogP contribution is 2.26. The number of aromatic nitrogens is 1. The van der Waals surface area contributed by atoms with Crippen molar-refractivity contribution in [2.24, 2.45) is 7.05 Å². The maximum Gasteiger partial charge on any atom is 0.331 e. The zero-order valence-electron chi connectivity index (χ0n) is 14.3. The van der Waals surface area contributed by atoms with Crippen molar-refractivity contribution in [2.75, 3.05) is 13.7 Å². The van der Waals surface area contributed by atoms with Gasteiger partial charge in [-0.3, -0.25) is 14.9 Å². The van der Waals surface area contributed by atoms with Gasteiger partial charge in [-0.2, -0.15) is 0 Å². The van der Waals surface area contributed by atoms with Crippen LogP contribution < -0.4 is 10.1 Å². The van der Waals surface area contributed by atoms with E-state index in [-0.39, 0.29) is 11.5 Å². The van der Waals surface area contributed by atoms with Gasteiger partial charge in [0.2, 0.25) is 0 Å². The van der Waals surface area contributed by atoms with Crippen molar-refractivity contribution in [3.8, 4) is 11.5 Å². The molecule has 0 aliphatic carbocycles. The number of carbonyl (C=O) groups is 3. The first-order valence-corrected chi connectivity index (χ1v) is 7.58. The highest BCUT2D eigenvalue weighted by Gasteiger charge is 2.13. The Bertz CT molecular complexity index is 853. The third kappa shape index (κ3) is 4.97. The summed E-state index contributed by atoms with van der Waals surface area (Å²) in [5, 5.41) is 11.6. The van der Waals surface area contributed by atoms with Crippen LogP contribution in [0.3, 0.4) is 0 Å². The lowest BCUT2D eigenvalue weighted by molar-refractivity contribution is -0.143. The van der Waals surface area contributed by atoms with Gasteiger partial charge in [0.15, 0.2) is 18.1 Å². The monoisotopic (exact) mass is 358 g/mol. The molecule has 1 heterocycles. The van der Waals surface area contributed by atoms with Gasteiger partial charge in [0, 0.05) is 19.3 Å². The van der Waals surface area contributed by atoms with E-state index in [1.54, 1.807) is 36.0 Å². The first-order valence-electron chi connectivity index (χ1n) is 7.58. The number of aromatic hydroxyl groups is 1. The zero-order valence-corrected chi connectivity index (χ0v) is 14.3. The number of phenols is 1. The molecular formula is C18H18N2O6. The smallest absolute Gasteiger partial charge is 0.331 e. The lowest BCUT2D eigenvalue weighted by Gasteiger charge is -2.05. The van der Waals surface area contributed by atoms with Gasteiger partial charge in [-0.15, -0.1) is 0 Å². The van der Waals surface area contributed by atoms with Crippen molar-refractivity contribution in [3.05, 3.63) is 53.9 Å². The molecule has 0 spiro atoms. The molecule has 26 heavy (non-hydrogen) atoms. The SMILES string of the molecule is COc1cc(/C=C/C(=O)OCC(=O)NC(=O)c2cccn2C)ccc1O.